The third-order valence-electron chi connectivity index (χ3n) is 3.29. The van der Waals surface area contributed by atoms with Gasteiger partial charge >= 0.3 is 11.8 Å². The molecule has 0 spiro atoms. The van der Waals surface area contributed by atoms with Crippen molar-refractivity contribution >= 4 is 34.0 Å². The Morgan fingerprint density at radius 3 is 2.56 bits per heavy atom. The van der Waals surface area contributed by atoms with Gasteiger partial charge in [0.05, 0.1) is 6.21 Å². The van der Waals surface area contributed by atoms with Gasteiger partial charge in [0.2, 0.25) is 0 Å². The summed E-state index contributed by atoms with van der Waals surface area (Å²) in [5.74, 6) is -0.986. The summed E-state index contributed by atoms with van der Waals surface area (Å²) >= 11 is 3.39. The molecule has 2 aromatic rings. The number of benzene rings is 2. The number of nitrogens with zero attached hydrogens (tertiary/aromatic N) is 1. The third-order valence-corrected chi connectivity index (χ3v) is 3.78. The number of hydrogen-bond acceptors (Lipinski definition) is 4. The zero-order chi connectivity index (χ0) is 18.2. The van der Waals surface area contributed by atoms with Crippen molar-refractivity contribution in [3.05, 3.63) is 63.6 Å². The predicted molar refractivity (Wildman–Crippen MR) is 99.5 cm³/mol. The average Bonchev–Trinajstić information content (AvgIpc) is 2.61. The van der Waals surface area contributed by atoms with Crippen LogP contribution < -0.4 is 15.5 Å². The molecule has 0 aromatic heterocycles. The van der Waals surface area contributed by atoms with Crippen LogP contribution in [0.2, 0.25) is 0 Å². The Morgan fingerprint density at radius 1 is 1.16 bits per heavy atom. The second-order valence-corrected chi connectivity index (χ2v) is 6.15. The second-order valence-electron chi connectivity index (χ2n) is 5.23. The van der Waals surface area contributed by atoms with Crippen LogP contribution >= 0.6 is 15.9 Å². The number of amides is 2. The van der Waals surface area contributed by atoms with Gasteiger partial charge in [-0.2, -0.15) is 5.10 Å². The molecule has 0 saturated heterocycles. The summed E-state index contributed by atoms with van der Waals surface area (Å²) in [7, 11) is 1.37. The summed E-state index contributed by atoms with van der Waals surface area (Å²) in [5.41, 5.74) is 5.05. The van der Waals surface area contributed by atoms with Crippen LogP contribution in [0.4, 0.5) is 0 Å². The maximum absolute atomic E-state index is 11.4. The maximum atomic E-state index is 11.4. The van der Waals surface area contributed by atoms with Gasteiger partial charge in [-0.15, -0.1) is 0 Å². The number of carbonyl (C=O) groups is 2. The first-order valence-electron chi connectivity index (χ1n) is 7.52. The molecular weight excluding hydrogens is 386 g/mol. The van der Waals surface area contributed by atoms with Crippen molar-refractivity contribution in [1.82, 2.24) is 10.7 Å². The van der Waals surface area contributed by atoms with Crippen LogP contribution in [-0.2, 0) is 16.2 Å². The van der Waals surface area contributed by atoms with Crippen LogP contribution in [0.1, 0.15) is 16.7 Å². The molecule has 0 fully saturated rings. The first-order chi connectivity index (χ1) is 12.0. The SMILES string of the molecule is CNC(=O)C(=O)N/N=C\c1cc(Br)ccc1OCc1ccc(C)cc1. The van der Waals surface area contributed by atoms with Gasteiger partial charge in [-0.25, -0.2) is 5.43 Å². The molecule has 130 valence electrons. The molecule has 25 heavy (non-hydrogen) atoms. The number of halogens is 1. The minimum Gasteiger partial charge on any atom is -0.488 e. The Balaban J connectivity index is 2.07. The van der Waals surface area contributed by atoms with Crippen LogP contribution in [0.25, 0.3) is 0 Å². The molecule has 0 radical (unpaired) electrons. The van der Waals surface area contributed by atoms with E-state index in [4.69, 9.17) is 4.74 Å². The van der Waals surface area contributed by atoms with Gasteiger partial charge in [0.15, 0.2) is 0 Å². The van der Waals surface area contributed by atoms with E-state index in [1.165, 1.54) is 18.8 Å². The smallest absolute Gasteiger partial charge is 0.329 e. The molecule has 0 aliphatic rings. The Bertz CT molecular complexity index is 789. The van der Waals surface area contributed by atoms with E-state index in [-0.39, 0.29) is 0 Å². The highest BCUT2D eigenvalue weighted by molar-refractivity contribution is 9.10. The predicted octanol–water partition coefficient (Wildman–Crippen LogP) is 2.53. The lowest BCUT2D eigenvalue weighted by molar-refractivity contribution is -0.138. The molecule has 7 heteroatoms. The van der Waals surface area contributed by atoms with Crippen molar-refractivity contribution < 1.29 is 14.3 Å². The Morgan fingerprint density at radius 2 is 1.88 bits per heavy atom. The first-order valence-corrected chi connectivity index (χ1v) is 8.32. The second kappa shape index (κ2) is 8.98. The lowest BCUT2D eigenvalue weighted by Crippen LogP contribution is -2.35. The Kier molecular flexibility index (Phi) is 6.71. The molecule has 0 bridgehead atoms. The molecule has 2 aromatic carbocycles. The summed E-state index contributed by atoms with van der Waals surface area (Å²) < 4.78 is 6.68. The minimum atomic E-state index is -0.837. The Hall–Kier alpha value is -2.67. The highest BCUT2D eigenvalue weighted by atomic mass is 79.9. The molecule has 2 rings (SSSR count). The van der Waals surface area contributed by atoms with Crippen LogP contribution in [-0.4, -0.2) is 25.1 Å². The molecule has 0 heterocycles. The summed E-state index contributed by atoms with van der Waals surface area (Å²) in [6.45, 7) is 2.44. The minimum absolute atomic E-state index is 0.410. The van der Waals surface area contributed by atoms with Crippen molar-refractivity contribution in [2.45, 2.75) is 13.5 Å². The largest absolute Gasteiger partial charge is 0.488 e. The topological polar surface area (TPSA) is 79.8 Å². The lowest BCUT2D eigenvalue weighted by Gasteiger charge is -2.10. The molecule has 0 aliphatic carbocycles. The normalized spacial score (nSPS) is 10.5. The van der Waals surface area contributed by atoms with E-state index in [2.05, 4.69) is 31.8 Å². The van der Waals surface area contributed by atoms with Gasteiger partial charge in [0.25, 0.3) is 0 Å². The highest BCUT2D eigenvalue weighted by Crippen LogP contribution is 2.23. The number of likely N-dealkylation sites (N-methyl/N-ethyl adjacent to an activating group) is 1. The standard InChI is InChI=1S/C18H18BrN3O3/c1-12-3-5-13(6-4-12)11-25-16-8-7-15(19)9-14(16)10-21-22-18(24)17(23)20-2/h3-10H,11H2,1-2H3,(H,20,23)(H,22,24)/b21-10-. The van der Waals surface area contributed by atoms with Crippen LogP contribution in [0.15, 0.2) is 52.0 Å². The van der Waals surface area contributed by atoms with E-state index in [0.29, 0.717) is 17.9 Å². The fraction of sp³-hybridized carbons (Fsp3) is 0.167. The van der Waals surface area contributed by atoms with E-state index in [0.717, 1.165) is 10.0 Å². The van der Waals surface area contributed by atoms with Crippen molar-refractivity contribution in [2.24, 2.45) is 5.10 Å². The number of aryl methyl sites for hydroxylation is 1. The fourth-order valence-corrected chi connectivity index (χ4v) is 2.30. The van der Waals surface area contributed by atoms with E-state index < -0.39 is 11.8 Å². The van der Waals surface area contributed by atoms with E-state index in [1.54, 1.807) is 12.1 Å². The lowest BCUT2D eigenvalue weighted by atomic mass is 10.1. The zero-order valence-corrected chi connectivity index (χ0v) is 15.5. The molecular formula is C18H18BrN3O3. The van der Waals surface area contributed by atoms with Gasteiger partial charge in [-0.05, 0) is 30.7 Å². The van der Waals surface area contributed by atoms with Crippen molar-refractivity contribution in [1.29, 1.82) is 0 Å². The molecule has 6 nitrogen and oxygen atoms in total. The number of carbonyl (C=O) groups excluding carboxylic acids is 2. The zero-order valence-electron chi connectivity index (χ0n) is 13.9. The van der Waals surface area contributed by atoms with Gasteiger partial charge < -0.3 is 10.1 Å². The van der Waals surface area contributed by atoms with Gasteiger partial charge in [-0.3, -0.25) is 9.59 Å². The molecule has 0 aliphatic heterocycles. The van der Waals surface area contributed by atoms with Crippen molar-refractivity contribution in [3.63, 3.8) is 0 Å². The summed E-state index contributed by atoms with van der Waals surface area (Å²) in [5, 5.41) is 6.01. The van der Waals surface area contributed by atoms with Gasteiger partial charge in [0.1, 0.15) is 12.4 Å². The van der Waals surface area contributed by atoms with Gasteiger partial charge in [0, 0.05) is 17.1 Å². The molecule has 2 amide bonds. The van der Waals surface area contributed by atoms with E-state index in [9.17, 15) is 9.59 Å². The molecule has 0 unspecified atom stereocenters. The molecule has 0 saturated carbocycles. The number of rotatable bonds is 5. The average molecular weight is 404 g/mol. The number of hydrazone groups is 1. The fourth-order valence-electron chi connectivity index (χ4n) is 1.92. The van der Waals surface area contributed by atoms with Crippen LogP contribution in [0.5, 0.6) is 5.75 Å². The highest BCUT2D eigenvalue weighted by Gasteiger charge is 2.09. The summed E-state index contributed by atoms with van der Waals surface area (Å²) in [6.07, 6.45) is 1.43. The van der Waals surface area contributed by atoms with E-state index >= 15 is 0 Å². The number of ether oxygens (including phenoxy) is 1. The summed E-state index contributed by atoms with van der Waals surface area (Å²) in [4.78, 5) is 22.5. The summed E-state index contributed by atoms with van der Waals surface area (Å²) in [6, 6.07) is 13.5. The third kappa shape index (κ3) is 5.72. The van der Waals surface area contributed by atoms with Crippen LogP contribution in [0.3, 0.4) is 0 Å². The number of hydrogen-bond donors (Lipinski definition) is 2. The quantitative estimate of drug-likeness (QED) is 0.457. The van der Waals surface area contributed by atoms with Crippen LogP contribution in [0, 0.1) is 6.92 Å². The van der Waals surface area contributed by atoms with E-state index in [1.807, 2.05) is 37.3 Å². The first kappa shape index (κ1) is 18.7. The van der Waals surface area contributed by atoms with Crippen molar-refractivity contribution in [3.8, 4) is 5.75 Å². The van der Waals surface area contributed by atoms with Crippen molar-refractivity contribution in [2.75, 3.05) is 7.05 Å². The van der Waals surface area contributed by atoms with Gasteiger partial charge in [-0.1, -0.05) is 45.8 Å². The maximum Gasteiger partial charge on any atom is 0.329 e. The molecule has 0 atom stereocenters. The Labute approximate surface area is 154 Å². The molecule has 2 N–H and O–H groups in total. The number of nitrogens with one attached hydrogen (secondary N) is 2. The monoisotopic (exact) mass is 403 g/mol.